The number of fused-ring (bicyclic) bond motifs is 4. The minimum atomic E-state index is 0.649. The van der Waals surface area contributed by atoms with Gasteiger partial charge in [0.15, 0.2) is 0 Å². The van der Waals surface area contributed by atoms with E-state index in [0.29, 0.717) is 6.04 Å². The van der Waals surface area contributed by atoms with Gasteiger partial charge in [-0.15, -0.1) is 0 Å². The predicted octanol–water partition coefficient (Wildman–Crippen LogP) is 1.75. The SMILES string of the molecule is c1ccc2[nH]c(CNC3CN4CCC3CC4)nc2c1. The van der Waals surface area contributed by atoms with Crippen LogP contribution in [0, 0.1) is 5.92 Å². The number of benzene rings is 1. The Bertz CT molecular complexity index is 535. The Hall–Kier alpha value is -1.39. The summed E-state index contributed by atoms with van der Waals surface area (Å²) in [6.07, 6.45) is 2.72. The average molecular weight is 256 g/mol. The van der Waals surface area contributed by atoms with Gasteiger partial charge in [-0.25, -0.2) is 4.98 Å². The van der Waals surface area contributed by atoms with E-state index in [1.54, 1.807) is 0 Å². The van der Waals surface area contributed by atoms with E-state index >= 15 is 0 Å². The first kappa shape index (κ1) is 11.4. The van der Waals surface area contributed by atoms with E-state index in [1.807, 2.05) is 12.1 Å². The van der Waals surface area contributed by atoms with Crippen molar-refractivity contribution in [1.82, 2.24) is 20.2 Å². The summed E-state index contributed by atoms with van der Waals surface area (Å²) in [6.45, 7) is 4.66. The Morgan fingerprint density at radius 1 is 1.26 bits per heavy atom. The van der Waals surface area contributed by atoms with Crippen LogP contribution in [0.2, 0.25) is 0 Å². The van der Waals surface area contributed by atoms with Crippen LogP contribution in [0.1, 0.15) is 18.7 Å². The van der Waals surface area contributed by atoms with Gasteiger partial charge < -0.3 is 15.2 Å². The molecular weight excluding hydrogens is 236 g/mol. The molecule has 19 heavy (non-hydrogen) atoms. The Labute approximate surface area is 113 Å². The topological polar surface area (TPSA) is 44.0 Å². The third-order valence-corrected chi connectivity index (χ3v) is 4.63. The van der Waals surface area contributed by atoms with Crippen molar-refractivity contribution in [2.24, 2.45) is 5.92 Å². The first-order valence-electron chi connectivity index (χ1n) is 7.28. The third kappa shape index (κ3) is 2.15. The Morgan fingerprint density at radius 3 is 2.84 bits per heavy atom. The number of rotatable bonds is 3. The van der Waals surface area contributed by atoms with Crippen molar-refractivity contribution < 1.29 is 0 Å². The molecule has 2 aromatic rings. The first-order valence-corrected chi connectivity index (χ1v) is 7.28. The van der Waals surface area contributed by atoms with E-state index in [1.165, 1.54) is 32.5 Å². The number of hydrogen-bond acceptors (Lipinski definition) is 3. The molecule has 4 heterocycles. The number of nitrogens with zero attached hydrogens (tertiary/aromatic N) is 2. The highest BCUT2D eigenvalue weighted by molar-refractivity contribution is 5.74. The highest BCUT2D eigenvalue weighted by atomic mass is 15.2. The van der Waals surface area contributed by atoms with Crippen molar-refractivity contribution >= 4 is 11.0 Å². The number of aromatic amines is 1. The summed E-state index contributed by atoms with van der Waals surface area (Å²) in [5.74, 6) is 1.92. The molecular formula is C15H20N4. The fraction of sp³-hybridized carbons (Fsp3) is 0.533. The maximum atomic E-state index is 4.63. The second kappa shape index (κ2) is 4.62. The van der Waals surface area contributed by atoms with Gasteiger partial charge in [-0.05, 0) is 44.0 Å². The molecule has 3 aliphatic heterocycles. The standard InChI is InChI=1S/C15H20N4/c1-2-4-13-12(3-1)17-15(18-13)9-16-14-10-19-7-5-11(14)6-8-19/h1-4,11,14,16H,5-10H2,(H,17,18). The zero-order chi connectivity index (χ0) is 12.7. The van der Waals surface area contributed by atoms with E-state index in [-0.39, 0.29) is 0 Å². The van der Waals surface area contributed by atoms with E-state index in [0.717, 1.165) is 29.3 Å². The van der Waals surface area contributed by atoms with Gasteiger partial charge in [0.1, 0.15) is 5.82 Å². The molecule has 3 fully saturated rings. The number of hydrogen-bond donors (Lipinski definition) is 2. The molecule has 0 saturated carbocycles. The Kier molecular flexibility index (Phi) is 2.78. The van der Waals surface area contributed by atoms with Crippen molar-refractivity contribution in [3.63, 3.8) is 0 Å². The first-order chi connectivity index (χ1) is 9.38. The summed E-state index contributed by atoms with van der Waals surface area (Å²) < 4.78 is 0. The van der Waals surface area contributed by atoms with Crippen LogP contribution in [0.5, 0.6) is 0 Å². The molecule has 100 valence electrons. The number of nitrogens with one attached hydrogen (secondary N) is 2. The van der Waals surface area contributed by atoms with Crippen molar-refractivity contribution in [2.75, 3.05) is 19.6 Å². The summed E-state index contributed by atoms with van der Waals surface area (Å²) in [4.78, 5) is 10.6. The third-order valence-electron chi connectivity index (χ3n) is 4.63. The molecule has 0 aliphatic carbocycles. The van der Waals surface area contributed by atoms with Crippen LogP contribution in [-0.2, 0) is 6.54 Å². The Balaban J connectivity index is 1.44. The highest BCUT2D eigenvalue weighted by Gasteiger charge is 2.33. The molecule has 1 atom stereocenters. The minimum absolute atomic E-state index is 0.649. The van der Waals surface area contributed by atoms with Crippen LogP contribution >= 0.6 is 0 Å². The van der Waals surface area contributed by atoms with Gasteiger partial charge in [-0.3, -0.25) is 0 Å². The summed E-state index contributed by atoms with van der Waals surface area (Å²) in [5, 5.41) is 3.69. The summed E-state index contributed by atoms with van der Waals surface area (Å²) >= 11 is 0. The zero-order valence-electron chi connectivity index (χ0n) is 11.1. The lowest BCUT2D eigenvalue weighted by molar-refractivity contribution is 0.0717. The lowest BCUT2D eigenvalue weighted by Crippen LogP contribution is -2.55. The van der Waals surface area contributed by atoms with Crippen molar-refractivity contribution in [1.29, 1.82) is 0 Å². The van der Waals surface area contributed by atoms with Crippen molar-refractivity contribution in [2.45, 2.75) is 25.4 Å². The van der Waals surface area contributed by atoms with Crippen LogP contribution in [0.4, 0.5) is 0 Å². The van der Waals surface area contributed by atoms with E-state index in [4.69, 9.17) is 0 Å². The van der Waals surface area contributed by atoms with Crippen LogP contribution in [-0.4, -0.2) is 40.5 Å². The normalized spacial score (nSPS) is 30.0. The number of imidazole rings is 1. The lowest BCUT2D eigenvalue weighted by Gasteiger charge is -2.45. The average Bonchev–Trinajstić information content (AvgIpc) is 2.89. The fourth-order valence-corrected chi connectivity index (χ4v) is 3.51. The van der Waals surface area contributed by atoms with Crippen molar-refractivity contribution in [3.8, 4) is 0 Å². The van der Waals surface area contributed by atoms with Crippen LogP contribution in [0.25, 0.3) is 11.0 Å². The maximum absolute atomic E-state index is 4.63. The molecule has 4 nitrogen and oxygen atoms in total. The van der Waals surface area contributed by atoms with Gasteiger partial charge in [0.25, 0.3) is 0 Å². The summed E-state index contributed by atoms with van der Waals surface area (Å²) in [6, 6.07) is 8.87. The molecule has 5 rings (SSSR count). The highest BCUT2D eigenvalue weighted by Crippen LogP contribution is 2.27. The van der Waals surface area contributed by atoms with E-state index in [9.17, 15) is 0 Å². The number of para-hydroxylation sites is 2. The lowest BCUT2D eigenvalue weighted by atomic mass is 9.84. The van der Waals surface area contributed by atoms with Gasteiger partial charge in [-0.2, -0.15) is 0 Å². The van der Waals surface area contributed by atoms with Crippen LogP contribution < -0.4 is 5.32 Å². The van der Waals surface area contributed by atoms with E-state index in [2.05, 4.69) is 32.3 Å². The maximum Gasteiger partial charge on any atom is 0.121 e. The Morgan fingerprint density at radius 2 is 2.11 bits per heavy atom. The molecule has 0 spiro atoms. The summed E-state index contributed by atoms with van der Waals surface area (Å²) in [7, 11) is 0. The second-order valence-corrected chi connectivity index (χ2v) is 5.83. The zero-order valence-corrected chi connectivity index (χ0v) is 11.1. The quantitative estimate of drug-likeness (QED) is 0.879. The fourth-order valence-electron chi connectivity index (χ4n) is 3.51. The van der Waals surface area contributed by atoms with Crippen molar-refractivity contribution in [3.05, 3.63) is 30.1 Å². The van der Waals surface area contributed by atoms with Gasteiger partial charge in [0.2, 0.25) is 0 Å². The van der Waals surface area contributed by atoms with Crippen LogP contribution in [0.3, 0.4) is 0 Å². The van der Waals surface area contributed by atoms with Gasteiger partial charge in [0.05, 0.1) is 17.6 Å². The van der Waals surface area contributed by atoms with Gasteiger partial charge in [0, 0.05) is 12.6 Å². The summed E-state index contributed by atoms with van der Waals surface area (Å²) in [5.41, 5.74) is 2.20. The molecule has 1 aromatic heterocycles. The van der Waals surface area contributed by atoms with Crippen LogP contribution in [0.15, 0.2) is 24.3 Å². The van der Waals surface area contributed by atoms with Gasteiger partial charge in [-0.1, -0.05) is 12.1 Å². The molecule has 2 bridgehead atoms. The number of aromatic nitrogens is 2. The molecule has 4 heteroatoms. The number of piperidine rings is 3. The smallest absolute Gasteiger partial charge is 0.121 e. The molecule has 1 aromatic carbocycles. The monoisotopic (exact) mass is 256 g/mol. The minimum Gasteiger partial charge on any atom is -0.341 e. The van der Waals surface area contributed by atoms with Gasteiger partial charge >= 0.3 is 0 Å². The molecule has 1 unspecified atom stereocenters. The number of H-pyrrole nitrogens is 1. The molecule has 2 N–H and O–H groups in total. The molecule has 3 saturated heterocycles. The second-order valence-electron chi connectivity index (χ2n) is 5.83. The van der Waals surface area contributed by atoms with E-state index < -0.39 is 0 Å². The molecule has 0 amide bonds. The molecule has 3 aliphatic rings. The largest absolute Gasteiger partial charge is 0.341 e. The predicted molar refractivity (Wildman–Crippen MR) is 75.9 cm³/mol. The molecule has 0 radical (unpaired) electrons.